The lowest BCUT2D eigenvalue weighted by molar-refractivity contribution is -0.474. The molecule has 44 heavy (non-hydrogen) atoms. The molecule has 256 valence electrons. The summed E-state index contributed by atoms with van der Waals surface area (Å²) in [5, 5.41) is 0. The molecule has 5 aliphatic rings. The van der Waals surface area contributed by atoms with Gasteiger partial charge >= 0.3 is 24.7 Å². The lowest BCUT2D eigenvalue weighted by Crippen LogP contribution is -2.69. The van der Waals surface area contributed by atoms with Crippen molar-refractivity contribution in [2.24, 2.45) is 34.5 Å². The van der Waals surface area contributed by atoms with Crippen LogP contribution in [0.5, 0.6) is 0 Å². The molecule has 0 spiro atoms. The average Bonchev–Trinajstić information content (AvgIpc) is 3.06. The summed E-state index contributed by atoms with van der Waals surface area (Å²) in [5.74, 6) is -1.85. The van der Waals surface area contributed by atoms with E-state index in [0.717, 1.165) is 0 Å². The van der Waals surface area contributed by atoms with Crippen LogP contribution in [0.15, 0.2) is 0 Å². The maximum atomic E-state index is 13.8. The molecule has 0 aromatic rings. The summed E-state index contributed by atoms with van der Waals surface area (Å²) in [7, 11) is 0. The fourth-order valence-electron chi connectivity index (χ4n) is 8.90. The van der Waals surface area contributed by atoms with Crippen LogP contribution < -0.4 is 0 Å². The summed E-state index contributed by atoms with van der Waals surface area (Å²) in [6.07, 6.45) is -23.3. The molecule has 0 bridgehead atoms. The van der Waals surface area contributed by atoms with Gasteiger partial charge in [0.15, 0.2) is 11.7 Å². The Hall–Kier alpha value is -0.960. The van der Waals surface area contributed by atoms with Crippen LogP contribution in [0.1, 0.15) is 90.9 Å². The second-order valence-corrected chi connectivity index (χ2v) is 14.2. The fourth-order valence-corrected chi connectivity index (χ4v) is 8.90. The van der Waals surface area contributed by atoms with Gasteiger partial charge in [-0.2, -0.15) is 52.7 Å². The topological polar surface area (TPSA) is 27.7 Å². The van der Waals surface area contributed by atoms with Gasteiger partial charge in [0.25, 0.3) is 5.60 Å². The highest BCUT2D eigenvalue weighted by molar-refractivity contribution is 5.13. The van der Waals surface area contributed by atoms with Crippen LogP contribution in [0.4, 0.5) is 52.7 Å². The van der Waals surface area contributed by atoms with Gasteiger partial charge in [0.05, 0.1) is 18.3 Å². The zero-order valence-electron chi connectivity index (χ0n) is 24.4. The van der Waals surface area contributed by atoms with Crippen LogP contribution in [0.2, 0.25) is 0 Å². The molecule has 4 saturated carbocycles. The van der Waals surface area contributed by atoms with Crippen molar-refractivity contribution in [3.8, 4) is 0 Å². The van der Waals surface area contributed by atoms with Gasteiger partial charge in [-0.1, -0.05) is 13.8 Å². The standard InChI is InChI=1S/C29H38F12O3/c1-23(2,16-5-9-18(10-6-16)43-22-14-25(44-22,28(36,37)38)29(39,40)41)15-3-7-17(8-4-15)42-21-13-24(26(30,31)32,27(33,34)35)20-12-11-19(20)21/h15-22H,3-14H2,1-2H3. The Morgan fingerprint density at radius 3 is 1.32 bits per heavy atom. The first-order valence-corrected chi connectivity index (χ1v) is 15.3. The Labute approximate surface area is 247 Å². The molecule has 1 saturated heterocycles. The lowest BCUT2D eigenvalue weighted by atomic mass is 9.60. The molecule has 1 heterocycles. The number of rotatable bonds is 6. The van der Waals surface area contributed by atoms with E-state index in [2.05, 4.69) is 18.6 Å². The van der Waals surface area contributed by atoms with E-state index >= 15 is 0 Å². The highest BCUT2D eigenvalue weighted by atomic mass is 19.4. The summed E-state index contributed by atoms with van der Waals surface area (Å²) in [4.78, 5) is 0. The van der Waals surface area contributed by atoms with Gasteiger partial charge in [-0.15, -0.1) is 0 Å². The average molecular weight is 663 g/mol. The van der Waals surface area contributed by atoms with Gasteiger partial charge in [-0.05, 0) is 99.7 Å². The van der Waals surface area contributed by atoms with E-state index in [1.54, 1.807) is 0 Å². The highest BCUT2D eigenvalue weighted by Gasteiger charge is 2.80. The van der Waals surface area contributed by atoms with Crippen molar-refractivity contribution in [2.45, 2.75) is 146 Å². The second kappa shape index (κ2) is 11.1. The quantitative estimate of drug-likeness (QED) is 0.265. The summed E-state index contributed by atoms with van der Waals surface area (Å²) in [5.41, 5.74) is -8.12. The van der Waals surface area contributed by atoms with Crippen LogP contribution in [0, 0.1) is 34.5 Å². The molecule has 15 heteroatoms. The number of hydrogen-bond acceptors (Lipinski definition) is 3. The van der Waals surface area contributed by atoms with E-state index < -0.39 is 85.0 Å². The summed E-state index contributed by atoms with van der Waals surface area (Å²) in [6.45, 7) is 4.19. The molecule has 5 fully saturated rings. The lowest BCUT2D eigenvalue weighted by Gasteiger charge is -2.50. The van der Waals surface area contributed by atoms with Crippen molar-refractivity contribution >= 4 is 0 Å². The van der Waals surface area contributed by atoms with E-state index in [1.165, 1.54) is 0 Å². The minimum atomic E-state index is -5.61. The molecule has 1 aliphatic heterocycles. The third-order valence-corrected chi connectivity index (χ3v) is 11.8. The van der Waals surface area contributed by atoms with Crippen molar-refractivity contribution in [1.82, 2.24) is 0 Å². The van der Waals surface area contributed by atoms with E-state index in [1.807, 2.05) is 0 Å². The van der Waals surface area contributed by atoms with Crippen LogP contribution >= 0.6 is 0 Å². The Balaban J connectivity index is 1.09. The minimum absolute atomic E-state index is 0.118. The van der Waals surface area contributed by atoms with Crippen LogP contribution in [-0.2, 0) is 14.2 Å². The van der Waals surface area contributed by atoms with E-state index in [-0.39, 0.29) is 30.1 Å². The predicted octanol–water partition coefficient (Wildman–Crippen LogP) is 9.68. The van der Waals surface area contributed by atoms with Crippen LogP contribution in [0.3, 0.4) is 0 Å². The van der Waals surface area contributed by atoms with Crippen LogP contribution in [0.25, 0.3) is 0 Å². The Morgan fingerprint density at radius 2 is 0.977 bits per heavy atom. The van der Waals surface area contributed by atoms with E-state index in [4.69, 9.17) is 9.47 Å². The largest absolute Gasteiger partial charge is 0.426 e. The number of fused-ring (bicyclic) bond motifs is 1. The first-order chi connectivity index (χ1) is 20.0. The molecule has 4 atom stereocenters. The monoisotopic (exact) mass is 662 g/mol. The molecule has 4 unspecified atom stereocenters. The van der Waals surface area contributed by atoms with E-state index in [0.29, 0.717) is 51.4 Å². The Kier molecular flexibility index (Phi) is 8.64. The summed E-state index contributed by atoms with van der Waals surface area (Å²) in [6, 6.07) is 0. The normalized spacial score (nSPS) is 38.0. The zero-order chi connectivity index (χ0) is 32.7. The predicted molar refractivity (Wildman–Crippen MR) is 131 cm³/mol. The van der Waals surface area contributed by atoms with Crippen LogP contribution in [-0.4, -0.2) is 54.9 Å². The summed E-state index contributed by atoms with van der Waals surface area (Å²) < 4.78 is 177. The molecule has 0 aromatic heterocycles. The molecule has 4 aliphatic carbocycles. The molecular formula is C29H38F12O3. The molecule has 0 radical (unpaired) electrons. The Morgan fingerprint density at radius 1 is 0.545 bits per heavy atom. The molecular weight excluding hydrogens is 624 g/mol. The fraction of sp³-hybridized carbons (Fsp3) is 1.00. The minimum Gasteiger partial charge on any atom is -0.375 e. The summed E-state index contributed by atoms with van der Waals surface area (Å²) >= 11 is 0. The SMILES string of the molecule is CC(C)(C1CCC(OC2CC(C(F)(F)F)(C(F)(F)F)O2)CC1)C1CCC(OC2CC(C(F)(F)F)(C(F)(F)F)C3CCC23)CC1. The third kappa shape index (κ3) is 5.53. The maximum absolute atomic E-state index is 13.8. The molecule has 0 N–H and O–H groups in total. The maximum Gasteiger partial charge on any atom is 0.426 e. The van der Waals surface area contributed by atoms with Crippen molar-refractivity contribution in [1.29, 1.82) is 0 Å². The van der Waals surface area contributed by atoms with Gasteiger partial charge in [-0.3, -0.25) is 0 Å². The first-order valence-electron chi connectivity index (χ1n) is 15.3. The Bertz CT molecular complexity index is 981. The van der Waals surface area contributed by atoms with Gasteiger partial charge < -0.3 is 14.2 Å². The smallest absolute Gasteiger partial charge is 0.375 e. The number of alkyl halides is 12. The van der Waals surface area contributed by atoms with Crippen molar-refractivity contribution < 1.29 is 66.9 Å². The molecule has 0 aromatic carbocycles. The van der Waals surface area contributed by atoms with Gasteiger partial charge in [0, 0.05) is 6.42 Å². The van der Waals surface area contributed by atoms with E-state index in [9.17, 15) is 52.7 Å². The van der Waals surface area contributed by atoms with Gasteiger partial charge in [-0.25, -0.2) is 0 Å². The molecule has 5 rings (SSSR count). The third-order valence-electron chi connectivity index (χ3n) is 11.8. The number of halogens is 12. The van der Waals surface area contributed by atoms with Gasteiger partial charge in [0.2, 0.25) is 0 Å². The molecule has 3 nitrogen and oxygen atoms in total. The molecule has 0 amide bonds. The second-order valence-electron chi connectivity index (χ2n) is 14.2. The van der Waals surface area contributed by atoms with Crippen molar-refractivity contribution in [2.75, 3.05) is 0 Å². The zero-order valence-corrected chi connectivity index (χ0v) is 24.4. The highest BCUT2D eigenvalue weighted by Crippen LogP contribution is 2.70. The van der Waals surface area contributed by atoms with Gasteiger partial charge in [0.1, 0.15) is 0 Å². The van der Waals surface area contributed by atoms with Crippen molar-refractivity contribution in [3.05, 3.63) is 0 Å². The number of hydrogen-bond donors (Lipinski definition) is 0. The number of ether oxygens (including phenoxy) is 3. The van der Waals surface area contributed by atoms with Crippen molar-refractivity contribution in [3.63, 3.8) is 0 Å². The first kappa shape index (κ1) is 34.4.